The Bertz CT molecular complexity index is 465. The molecule has 2 nitrogen and oxygen atoms in total. The van der Waals surface area contributed by atoms with Crippen molar-refractivity contribution in [3.63, 3.8) is 0 Å². The summed E-state index contributed by atoms with van der Waals surface area (Å²) in [6.45, 7) is 1.71. The third-order valence-electron chi connectivity index (χ3n) is 2.68. The molecule has 0 saturated carbocycles. The number of aliphatic hydroxyl groups excluding tert-OH is 1. The van der Waals surface area contributed by atoms with Crippen LogP contribution in [0.25, 0.3) is 10.8 Å². The van der Waals surface area contributed by atoms with Crippen LogP contribution >= 0.6 is 0 Å². The van der Waals surface area contributed by atoms with Gasteiger partial charge in [-0.05, 0) is 29.3 Å². The van der Waals surface area contributed by atoms with Gasteiger partial charge in [-0.2, -0.15) is 0 Å². The highest BCUT2D eigenvalue weighted by atomic mass is 16.3. The van der Waals surface area contributed by atoms with E-state index >= 15 is 0 Å². The summed E-state index contributed by atoms with van der Waals surface area (Å²) in [6, 6.07) is 13.9. The third kappa shape index (κ3) is 2.01. The average Bonchev–Trinajstić information content (AvgIpc) is 2.27. The minimum absolute atomic E-state index is 0.311. The number of nitrogens with two attached hydrogens (primary N) is 1. The van der Waals surface area contributed by atoms with Crippen molar-refractivity contribution in [3.8, 4) is 0 Å². The van der Waals surface area contributed by atoms with Gasteiger partial charge in [0, 0.05) is 0 Å². The van der Waals surface area contributed by atoms with E-state index in [1.54, 1.807) is 6.92 Å². The molecule has 2 aromatic rings. The maximum atomic E-state index is 9.42. The van der Waals surface area contributed by atoms with Gasteiger partial charge in [-0.3, -0.25) is 0 Å². The SMILES string of the molecule is C[C@@H](O)[C@@H](N)c1ccc2ccccc2c1. The summed E-state index contributed by atoms with van der Waals surface area (Å²) >= 11 is 0. The third-order valence-corrected chi connectivity index (χ3v) is 2.68. The number of rotatable bonds is 2. The minimum atomic E-state index is -0.522. The van der Waals surface area contributed by atoms with Gasteiger partial charge in [0.05, 0.1) is 12.1 Å². The van der Waals surface area contributed by atoms with Crippen molar-refractivity contribution >= 4 is 10.8 Å². The molecule has 3 N–H and O–H groups in total. The van der Waals surface area contributed by atoms with E-state index in [0.717, 1.165) is 10.9 Å². The molecule has 0 amide bonds. The Hall–Kier alpha value is -1.38. The summed E-state index contributed by atoms with van der Waals surface area (Å²) in [5.74, 6) is 0. The first-order chi connectivity index (χ1) is 7.18. The van der Waals surface area contributed by atoms with Crippen molar-refractivity contribution < 1.29 is 5.11 Å². The number of aliphatic hydroxyl groups is 1. The fraction of sp³-hybridized carbons (Fsp3) is 0.231. The van der Waals surface area contributed by atoms with Gasteiger partial charge in [-0.25, -0.2) is 0 Å². The molecule has 0 aliphatic heterocycles. The molecule has 0 heterocycles. The highest BCUT2D eigenvalue weighted by Gasteiger charge is 2.11. The summed E-state index contributed by atoms with van der Waals surface area (Å²) in [5.41, 5.74) is 6.85. The molecule has 0 aliphatic carbocycles. The van der Waals surface area contributed by atoms with Gasteiger partial charge < -0.3 is 10.8 Å². The van der Waals surface area contributed by atoms with Gasteiger partial charge in [-0.15, -0.1) is 0 Å². The maximum Gasteiger partial charge on any atom is 0.0704 e. The Labute approximate surface area is 89.3 Å². The molecular formula is C13H15NO. The summed E-state index contributed by atoms with van der Waals surface area (Å²) < 4.78 is 0. The number of fused-ring (bicyclic) bond motifs is 1. The second-order valence-corrected chi connectivity index (χ2v) is 3.87. The molecule has 2 aromatic carbocycles. The van der Waals surface area contributed by atoms with E-state index in [2.05, 4.69) is 6.07 Å². The van der Waals surface area contributed by atoms with Gasteiger partial charge in [0.2, 0.25) is 0 Å². The summed E-state index contributed by atoms with van der Waals surface area (Å²) in [4.78, 5) is 0. The standard InChI is InChI=1S/C13H15NO/c1-9(15)13(14)12-7-6-10-4-2-3-5-11(10)8-12/h2-9,13,15H,14H2,1H3/t9-,13-/m1/s1. The van der Waals surface area contributed by atoms with Gasteiger partial charge in [0.25, 0.3) is 0 Å². The minimum Gasteiger partial charge on any atom is -0.391 e. The Morgan fingerprint density at radius 3 is 2.40 bits per heavy atom. The van der Waals surface area contributed by atoms with Crippen LogP contribution in [0.4, 0.5) is 0 Å². The van der Waals surface area contributed by atoms with Gasteiger partial charge in [0.15, 0.2) is 0 Å². The number of hydrogen-bond donors (Lipinski definition) is 2. The van der Waals surface area contributed by atoms with Crippen LogP contribution in [0, 0.1) is 0 Å². The zero-order chi connectivity index (χ0) is 10.8. The van der Waals surface area contributed by atoms with Crippen LogP contribution in [0.3, 0.4) is 0 Å². The Kier molecular flexibility index (Phi) is 2.71. The quantitative estimate of drug-likeness (QED) is 0.782. The molecule has 0 bridgehead atoms. The molecule has 2 heteroatoms. The average molecular weight is 201 g/mol. The lowest BCUT2D eigenvalue weighted by atomic mass is 10.00. The Balaban J connectivity index is 2.47. The predicted octanol–water partition coefficient (Wildman–Crippen LogP) is 2.22. The highest BCUT2D eigenvalue weighted by molar-refractivity contribution is 5.83. The first-order valence-corrected chi connectivity index (χ1v) is 5.11. The van der Waals surface area contributed by atoms with Crippen LogP contribution in [0.5, 0.6) is 0 Å². The number of benzene rings is 2. The van der Waals surface area contributed by atoms with Crippen molar-refractivity contribution in [1.29, 1.82) is 0 Å². The zero-order valence-corrected chi connectivity index (χ0v) is 8.72. The highest BCUT2D eigenvalue weighted by Crippen LogP contribution is 2.20. The first kappa shape index (κ1) is 10.1. The normalized spacial score (nSPS) is 15.1. The molecule has 2 rings (SSSR count). The summed E-state index contributed by atoms with van der Waals surface area (Å²) in [5, 5.41) is 11.8. The smallest absolute Gasteiger partial charge is 0.0704 e. The molecule has 0 saturated heterocycles. The van der Waals surface area contributed by atoms with Crippen LogP contribution in [-0.2, 0) is 0 Å². The maximum absolute atomic E-state index is 9.42. The van der Waals surface area contributed by atoms with Crippen LogP contribution in [0.2, 0.25) is 0 Å². The largest absolute Gasteiger partial charge is 0.391 e. The van der Waals surface area contributed by atoms with E-state index in [4.69, 9.17) is 5.73 Å². The lowest BCUT2D eigenvalue weighted by molar-refractivity contribution is 0.164. The van der Waals surface area contributed by atoms with Crippen molar-refractivity contribution in [3.05, 3.63) is 48.0 Å². The van der Waals surface area contributed by atoms with Crippen LogP contribution < -0.4 is 5.73 Å². The molecule has 0 spiro atoms. The fourth-order valence-corrected chi connectivity index (χ4v) is 1.69. The Morgan fingerprint density at radius 2 is 1.73 bits per heavy atom. The number of hydrogen-bond acceptors (Lipinski definition) is 2. The molecule has 78 valence electrons. The molecule has 2 atom stereocenters. The fourth-order valence-electron chi connectivity index (χ4n) is 1.69. The van der Waals surface area contributed by atoms with E-state index in [9.17, 15) is 5.11 Å². The lowest BCUT2D eigenvalue weighted by Gasteiger charge is -2.15. The van der Waals surface area contributed by atoms with Gasteiger partial charge >= 0.3 is 0 Å². The van der Waals surface area contributed by atoms with Crippen LogP contribution in [-0.4, -0.2) is 11.2 Å². The molecular weight excluding hydrogens is 186 g/mol. The van der Waals surface area contributed by atoms with Gasteiger partial charge in [0.1, 0.15) is 0 Å². The molecule has 0 radical (unpaired) electrons. The zero-order valence-electron chi connectivity index (χ0n) is 8.72. The first-order valence-electron chi connectivity index (χ1n) is 5.11. The van der Waals surface area contributed by atoms with E-state index < -0.39 is 6.10 Å². The van der Waals surface area contributed by atoms with Crippen LogP contribution in [0.15, 0.2) is 42.5 Å². The predicted molar refractivity (Wildman–Crippen MR) is 62.6 cm³/mol. The topological polar surface area (TPSA) is 46.2 Å². The second kappa shape index (κ2) is 4.01. The second-order valence-electron chi connectivity index (χ2n) is 3.87. The lowest BCUT2D eigenvalue weighted by Crippen LogP contribution is -2.22. The molecule has 0 aromatic heterocycles. The Morgan fingerprint density at radius 1 is 1.07 bits per heavy atom. The van der Waals surface area contributed by atoms with E-state index in [1.807, 2.05) is 36.4 Å². The van der Waals surface area contributed by atoms with E-state index in [0.29, 0.717) is 0 Å². The van der Waals surface area contributed by atoms with Crippen molar-refractivity contribution in [2.24, 2.45) is 5.73 Å². The van der Waals surface area contributed by atoms with Crippen molar-refractivity contribution in [1.82, 2.24) is 0 Å². The van der Waals surface area contributed by atoms with Crippen molar-refractivity contribution in [2.75, 3.05) is 0 Å². The molecule has 0 fully saturated rings. The summed E-state index contributed by atoms with van der Waals surface area (Å²) in [7, 11) is 0. The molecule has 0 aliphatic rings. The van der Waals surface area contributed by atoms with Crippen LogP contribution in [0.1, 0.15) is 18.5 Å². The van der Waals surface area contributed by atoms with Gasteiger partial charge in [-0.1, -0.05) is 36.4 Å². The summed E-state index contributed by atoms with van der Waals surface area (Å²) in [6.07, 6.45) is -0.522. The monoisotopic (exact) mass is 201 g/mol. The van der Waals surface area contributed by atoms with E-state index in [1.165, 1.54) is 5.39 Å². The van der Waals surface area contributed by atoms with Crippen molar-refractivity contribution in [2.45, 2.75) is 19.1 Å². The molecule has 15 heavy (non-hydrogen) atoms. The van der Waals surface area contributed by atoms with E-state index in [-0.39, 0.29) is 6.04 Å². The molecule has 0 unspecified atom stereocenters.